The average molecular weight is 142 g/mol. The fraction of sp³-hybridized carbons (Fsp3) is 1.00. The molecule has 1 saturated carbocycles. The molecule has 0 unspecified atom stereocenters. The van der Waals surface area contributed by atoms with Crippen molar-refractivity contribution < 1.29 is 4.74 Å². The van der Waals surface area contributed by atoms with Gasteiger partial charge < -0.3 is 4.74 Å². The minimum Gasteiger partial charge on any atom is -0.381 e. The third-order valence-corrected chi connectivity index (χ3v) is 3.12. The lowest BCUT2D eigenvalue weighted by Gasteiger charge is -2.47. The van der Waals surface area contributed by atoms with E-state index in [4.69, 9.17) is 4.74 Å². The first-order chi connectivity index (χ1) is 4.58. The van der Waals surface area contributed by atoms with Gasteiger partial charge in [-0.25, -0.2) is 0 Å². The first kappa shape index (κ1) is 8.06. The highest BCUT2D eigenvalue weighted by Crippen LogP contribution is 2.47. The van der Waals surface area contributed by atoms with Crippen LogP contribution >= 0.6 is 0 Å². The maximum Gasteiger partial charge on any atom is 0.0582 e. The zero-order valence-electron chi connectivity index (χ0n) is 7.48. The van der Waals surface area contributed by atoms with E-state index in [9.17, 15) is 0 Å². The second-order valence-corrected chi connectivity index (χ2v) is 4.07. The van der Waals surface area contributed by atoms with Gasteiger partial charge >= 0.3 is 0 Å². The van der Waals surface area contributed by atoms with Crippen molar-refractivity contribution in [2.75, 3.05) is 7.11 Å². The number of ether oxygens (including phenoxy) is 1. The van der Waals surface area contributed by atoms with E-state index in [0.717, 1.165) is 5.92 Å². The van der Waals surface area contributed by atoms with E-state index in [0.29, 0.717) is 11.5 Å². The van der Waals surface area contributed by atoms with Gasteiger partial charge in [-0.15, -0.1) is 0 Å². The quantitative estimate of drug-likeness (QED) is 0.575. The van der Waals surface area contributed by atoms with Gasteiger partial charge in [-0.3, -0.25) is 0 Å². The summed E-state index contributed by atoms with van der Waals surface area (Å²) in [5, 5.41) is 0. The Kier molecular flexibility index (Phi) is 2.04. The molecule has 1 fully saturated rings. The zero-order chi connectivity index (χ0) is 7.78. The summed E-state index contributed by atoms with van der Waals surface area (Å²) in [5.41, 5.74) is 0.570. The summed E-state index contributed by atoms with van der Waals surface area (Å²) >= 11 is 0. The van der Waals surface area contributed by atoms with Crippen molar-refractivity contribution in [3.63, 3.8) is 0 Å². The number of hydrogen-bond acceptors (Lipinski definition) is 1. The fourth-order valence-corrected chi connectivity index (χ4v) is 1.62. The molecule has 0 N–H and O–H groups in total. The molecule has 1 heteroatoms. The summed E-state index contributed by atoms with van der Waals surface area (Å²) in [5.74, 6) is 0.805. The summed E-state index contributed by atoms with van der Waals surface area (Å²) < 4.78 is 5.23. The number of methoxy groups -OCH3 is 1. The molecule has 1 aliphatic rings. The summed E-state index contributed by atoms with van der Waals surface area (Å²) in [6.45, 7) is 6.95. The second-order valence-electron chi connectivity index (χ2n) is 4.07. The van der Waals surface area contributed by atoms with Gasteiger partial charge in [0.25, 0.3) is 0 Å². The van der Waals surface area contributed by atoms with Crippen LogP contribution in [-0.2, 0) is 4.74 Å². The minimum atomic E-state index is 0.549. The molecule has 0 aromatic carbocycles. The Balaban J connectivity index is 2.34. The van der Waals surface area contributed by atoms with Gasteiger partial charge in [-0.1, -0.05) is 20.8 Å². The largest absolute Gasteiger partial charge is 0.381 e. The van der Waals surface area contributed by atoms with Crippen molar-refractivity contribution >= 4 is 0 Å². The average Bonchev–Trinajstić information content (AvgIpc) is 1.80. The molecule has 0 aliphatic heterocycles. The van der Waals surface area contributed by atoms with E-state index in [-0.39, 0.29) is 0 Å². The molecule has 1 rings (SSSR count). The van der Waals surface area contributed by atoms with Gasteiger partial charge in [-0.2, -0.15) is 0 Å². The van der Waals surface area contributed by atoms with Crippen LogP contribution < -0.4 is 0 Å². The van der Waals surface area contributed by atoms with Gasteiger partial charge in [0.15, 0.2) is 0 Å². The summed E-state index contributed by atoms with van der Waals surface area (Å²) in [4.78, 5) is 0. The molecule has 0 radical (unpaired) electrons. The van der Waals surface area contributed by atoms with Crippen LogP contribution in [0, 0.1) is 11.3 Å². The molecule has 0 aromatic heterocycles. The van der Waals surface area contributed by atoms with Crippen LogP contribution in [0.3, 0.4) is 0 Å². The highest BCUT2D eigenvalue weighted by atomic mass is 16.5. The lowest BCUT2D eigenvalue weighted by Crippen LogP contribution is -2.43. The molecule has 0 heterocycles. The Hall–Kier alpha value is -0.0400. The Morgan fingerprint density at radius 3 is 2.20 bits per heavy atom. The number of rotatable bonds is 2. The van der Waals surface area contributed by atoms with Gasteiger partial charge in [0.1, 0.15) is 0 Å². The van der Waals surface area contributed by atoms with Crippen molar-refractivity contribution in [2.45, 2.75) is 39.7 Å². The standard InChI is InChI=1S/C9H18O/c1-7(2)9(3)5-8(6-9)10-4/h7-8H,5-6H2,1-4H3. The minimum absolute atomic E-state index is 0.549. The van der Waals surface area contributed by atoms with E-state index in [1.165, 1.54) is 12.8 Å². The molecule has 0 aromatic rings. The Bertz CT molecular complexity index is 112. The number of hydrogen-bond donors (Lipinski definition) is 0. The Morgan fingerprint density at radius 2 is 1.90 bits per heavy atom. The molecule has 10 heavy (non-hydrogen) atoms. The molecule has 60 valence electrons. The fourth-order valence-electron chi connectivity index (χ4n) is 1.62. The molecule has 0 saturated heterocycles. The molecule has 1 aliphatic carbocycles. The maximum absolute atomic E-state index is 5.23. The SMILES string of the molecule is COC1CC(C)(C(C)C)C1. The van der Waals surface area contributed by atoms with Crippen LogP contribution in [0.2, 0.25) is 0 Å². The molecule has 0 spiro atoms. The maximum atomic E-state index is 5.23. The summed E-state index contributed by atoms with van der Waals surface area (Å²) in [6, 6.07) is 0. The van der Waals surface area contributed by atoms with Gasteiger partial charge in [0.05, 0.1) is 6.10 Å². The Morgan fingerprint density at radius 1 is 1.40 bits per heavy atom. The third-order valence-electron chi connectivity index (χ3n) is 3.12. The topological polar surface area (TPSA) is 9.23 Å². The summed E-state index contributed by atoms with van der Waals surface area (Å²) in [6.07, 6.45) is 3.05. The van der Waals surface area contributed by atoms with Crippen molar-refractivity contribution in [3.05, 3.63) is 0 Å². The molecule has 0 amide bonds. The lowest BCUT2D eigenvalue weighted by molar-refractivity contribution is -0.0727. The predicted molar refractivity (Wildman–Crippen MR) is 43.0 cm³/mol. The zero-order valence-corrected chi connectivity index (χ0v) is 7.48. The normalized spacial score (nSPS) is 39.9. The monoisotopic (exact) mass is 142 g/mol. The van der Waals surface area contributed by atoms with Crippen molar-refractivity contribution in [1.82, 2.24) is 0 Å². The molecule has 1 nitrogen and oxygen atoms in total. The molecule has 0 atom stereocenters. The lowest BCUT2D eigenvalue weighted by atomic mass is 9.62. The highest BCUT2D eigenvalue weighted by Gasteiger charge is 2.42. The van der Waals surface area contributed by atoms with E-state index in [1.807, 2.05) is 7.11 Å². The molecular weight excluding hydrogens is 124 g/mol. The van der Waals surface area contributed by atoms with Crippen molar-refractivity contribution in [1.29, 1.82) is 0 Å². The third kappa shape index (κ3) is 1.20. The van der Waals surface area contributed by atoms with Gasteiger partial charge in [0.2, 0.25) is 0 Å². The van der Waals surface area contributed by atoms with Crippen LogP contribution in [0.4, 0.5) is 0 Å². The van der Waals surface area contributed by atoms with Crippen LogP contribution in [0.15, 0.2) is 0 Å². The van der Waals surface area contributed by atoms with E-state index in [2.05, 4.69) is 20.8 Å². The second kappa shape index (κ2) is 2.54. The van der Waals surface area contributed by atoms with Crippen LogP contribution in [0.1, 0.15) is 33.6 Å². The van der Waals surface area contributed by atoms with E-state index < -0.39 is 0 Å². The van der Waals surface area contributed by atoms with Gasteiger partial charge in [-0.05, 0) is 24.2 Å². The first-order valence-corrected chi connectivity index (χ1v) is 4.11. The smallest absolute Gasteiger partial charge is 0.0582 e. The predicted octanol–water partition coefficient (Wildman–Crippen LogP) is 2.46. The first-order valence-electron chi connectivity index (χ1n) is 4.11. The summed E-state index contributed by atoms with van der Waals surface area (Å²) in [7, 11) is 1.81. The van der Waals surface area contributed by atoms with E-state index in [1.54, 1.807) is 0 Å². The van der Waals surface area contributed by atoms with Crippen LogP contribution in [0.5, 0.6) is 0 Å². The van der Waals surface area contributed by atoms with Crippen molar-refractivity contribution in [2.24, 2.45) is 11.3 Å². The molecule has 0 bridgehead atoms. The van der Waals surface area contributed by atoms with E-state index >= 15 is 0 Å². The van der Waals surface area contributed by atoms with Crippen LogP contribution in [-0.4, -0.2) is 13.2 Å². The highest BCUT2D eigenvalue weighted by molar-refractivity contribution is 4.92. The molecular formula is C9H18O. The van der Waals surface area contributed by atoms with Gasteiger partial charge in [0, 0.05) is 7.11 Å². The Labute approximate surface area is 63.8 Å². The van der Waals surface area contributed by atoms with Crippen molar-refractivity contribution in [3.8, 4) is 0 Å². The van der Waals surface area contributed by atoms with Crippen LogP contribution in [0.25, 0.3) is 0 Å².